The van der Waals surface area contributed by atoms with E-state index in [4.69, 9.17) is 28.4 Å². The van der Waals surface area contributed by atoms with Crippen LogP contribution in [0.25, 0.3) is 0 Å². The highest BCUT2D eigenvalue weighted by molar-refractivity contribution is 5.66. The van der Waals surface area contributed by atoms with Crippen molar-refractivity contribution >= 4 is 5.97 Å². The van der Waals surface area contributed by atoms with Crippen molar-refractivity contribution in [2.24, 2.45) is 50.7 Å². The van der Waals surface area contributed by atoms with Gasteiger partial charge in [0.15, 0.2) is 12.1 Å². The van der Waals surface area contributed by atoms with E-state index in [9.17, 15) is 20.1 Å². The van der Waals surface area contributed by atoms with Crippen molar-refractivity contribution in [3.05, 3.63) is 0 Å². The average Bonchev–Trinajstić information content (AvgIpc) is 3.81. The molecule has 264 valence electrons. The number of epoxide rings is 1. The minimum Gasteiger partial charge on any atom is -0.462 e. The van der Waals surface area contributed by atoms with Crippen LogP contribution in [-0.4, -0.2) is 94.9 Å². The number of carbonyl (C=O) groups is 1. The number of hydrogen-bond acceptors (Lipinski definition) is 10. The molecule has 18 atom stereocenters. The maximum atomic E-state index is 12.9. The van der Waals surface area contributed by atoms with E-state index >= 15 is 0 Å². The van der Waals surface area contributed by atoms with Crippen LogP contribution >= 0.6 is 0 Å². The molecular formula is C37H56O10. The van der Waals surface area contributed by atoms with Crippen LogP contribution in [0.3, 0.4) is 0 Å². The molecule has 5 saturated carbocycles. The lowest BCUT2D eigenvalue weighted by molar-refractivity contribution is -0.309. The molecule has 9 aliphatic rings. The summed E-state index contributed by atoms with van der Waals surface area (Å²) in [5.41, 5.74) is -0.492. The van der Waals surface area contributed by atoms with Crippen LogP contribution in [0.2, 0.25) is 0 Å². The average molecular weight is 661 g/mol. The fourth-order valence-corrected chi connectivity index (χ4v) is 14.6. The van der Waals surface area contributed by atoms with Crippen molar-refractivity contribution in [1.82, 2.24) is 0 Å². The van der Waals surface area contributed by atoms with Crippen LogP contribution in [0.4, 0.5) is 0 Å². The van der Waals surface area contributed by atoms with E-state index in [1.807, 2.05) is 0 Å². The fourth-order valence-electron chi connectivity index (χ4n) is 14.6. The Morgan fingerprint density at radius 2 is 1.62 bits per heavy atom. The van der Waals surface area contributed by atoms with E-state index in [1.54, 1.807) is 6.92 Å². The Morgan fingerprint density at radius 3 is 2.30 bits per heavy atom. The van der Waals surface area contributed by atoms with Gasteiger partial charge in [-0.25, -0.2) is 0 Å². The Bertz CT molecular complexity index is 1360. The third-order valence-electron chi connectivity index (χ3n) is 16.6. The van der Waals surface area contributed by atoms with Crippen LogP contribution in [0.5, 0.6) is 0 Å². The summed E-state index contributed by atoms with van der Waals surface area (Å²) in [7, 11) is 0. The highest BCUT2D eigenvalue weighted by Gasteiger charge is 2.86. The van der Waals surface area contributed by atoms with E-state index in [0.717, 1.165) is 51.4 Å². The summed E-state index contributed by atoms with van der Waals surface area (Å²) in [6.45, 7) is 16.1. The molecule has 4 saturated heterocycles. The summed E-state index contributed by atoms with van der Waals surface area (Å²) in [4.78, 5) is 12.9. The van der Waals surface area contributed by atoms with Crippen LogP contribution in [0.1, 0.15) is 99.8 Å². The van der Waals surface area contributed by atoms with Gasteiger partial charge in [0.25, 0.3) is 0 Å². The summed E-state index contributed by atoms with van der Waals surface area (Å²) in [6, 6.07) is 0. The molecule has 9 fully saturated rings. The molecule has 0 bridgehead atoms. The van der Waals surface area contributed by atoms with E-state index in [0.29, 0.717) is 24.4 Å². The van der Waals surface area contributed by atoms with Crippen molar-refractivity contribution in [1.29, 1.82) is 0 Å². The first kappa shape index (κ1) is 32.1. The summed E-state index contributed by atoms with van der Waals surface area (Å²) >= 11 is 0. The Balaban J connectivity index is 1.03. The summed E-state index contributed by atoms with van der Waals surface area (Å²) in [6.07, 6.45) is 2.89. The third kappa shape index (κ3) is 3.78. The summed E-state index contributed by atoms with van der Waals surface area (Å²) in [5, 5.41) is 31.0. The van der Waals surface area contributed by atoms with Gasteiger partial charge in [0, 0.05) is 18.8 Å². The second-order valence-electron chi connectivity index (χ2n) is 18.9. The van der Waals surface area contributed by atoms with E-state index in [2.05, 4.69) is 41.5 Å². The van der Waals surface area contributed by atoms with E-state index in [-0.39, 0.29) is 75.6 Å². The van der Waals surface area contributed by atoms with Crippen molar-refractivity contribution in [3.63, 3.8) is 0 Å². The first-order valence-electron chi connectivity index (χ1n) is 18.5. The number of carbonyl (C=O) groups excluding carboxylic acids is 1. The monoisotopic (exact) mass is 660 g/mol. The lowest BCUT2D eigenvalue weighted by atomic mass is 9.41. The number of rotatable bonds is 3. The Labute approximate surface area is 278 Å². The molecule has 0 amide bonds. The van der Waals surface area contributed by atoms with Gasteiger partial charge in [0.2, 0.25) is 0 Å². The Kier molecular flexibility index (Phi) is 6.50. The number of ether oxygens (including phenoxy) is 6. The lowest BCUT2D eigenvalue weighted by Gasteiger charge is -2.65. The number of aliphatic hydroxyl groups is 3. The minimum absolute atomic E-state index is 0.00697. The third-order valence-corrected chi connectivity index (χ3v) is 16.6. The van der Waals surface area contributed by atoms with Gasteiger partial charge in [-0.1, -0.05) is 34.6 Å². The normalized spacial score (nSPS) is 62.8. The lowest BCUT2D eigenvalue weighted by Crippen LogP contribution is -2.64. The van der Waals surface area contributed by atoms with Gasteiger partial charge < -0.3 is 43.7 Å². The Morgan fingerprint density at radius 1 is 0.872 bits per heavy atom. The molecule has 5 aliphatic carbocycles. The van der Waals surface area contributed by atoms with Gasteiger partial charge in [-0.2, -0.15) is 0 Å². The topological polar surface area (TPSA) is 136 Å². The maximum absolute atomic E-state index is 12.9. The van der Waals surface area contributed by atoms with Crippen molar-refractivity contribution < 1.29 is 48.5 Å². The smallest absolute Gasteiger partial charge is 0.302 e. The number of aliphatic hydroxyl groups excluding tert-OH is 3. The SMILES string of the molecule is CC(=O)O[C@@H]1C[C@@]23C[C@@]24CC[C@H](O[C@@H]2OC[C@@H](O)[C@H](O)[C@H]2O)C(C)(C)[C@@H]4CC[C@@H]3[C@]2(C)C[C@H]3O[C@]4(C[C@@H](C)[C@@H]3[C@@]12C)OC[C@]1(C)O[C@H]41. The van der Waals surface area contributed by atoms with Gasteiger partial charge in [0.1, 0.15) is 36.1 Å². The number of fused-ring (bicyclic) bond motifs is 6. The molecule has 10 heteroatoms. The van der Waals surface area contributed by atoms with Gasteiger partial charge >= 0.3 is 5.97 Å². The van der Waals surface area contributed by atoms with Crippen LogP contribution < -0.4 is 0 Å². The van der Waals surface area contributed by atoms with Gasteiger partial charge in [-0.15, -0.1) is 0 Å². The molecule has 47 heavy (non-hydrogen) atoms. The van der Waals surface area contributed by atoms with Crippen molar-refractivity contribution in [3.8, 4) is 0 Å². The molecule has 0 aromatic heterocycles. The maximum Gasteiger partial charge on any atom is 0.302 e. The van der Waals surface area contributed by atoms with Crippen LogP contribution in [0.15, 0.2) is 0 Å². The zero-order valence-corrected chi connectivity index (χ0v) is 29.2. The first-order chi connectivity index (χ1) is 22.0. The molecule has 4 aliphatic heterocycles. The van der Waals surface area contributed by atoms with Crippen molar-refractivity contribution in [2.75, 3.05) is 13.2 Å². The van der Waals surface area contributed by atoms with Gasteiger partial charge in [-0.3, -0.25) is 4.79 Å². The molecule has 0 unspecified atom stereocenters. The fraction of sp³-hybridized carbons (Fsp3) is 0.973. The molecule has 4 heterocycles. The minimum atomic E-state index is -1.29. The molecule has 0 radical (unpaired) electrons. The molecule has 3 N–H and O–H groups in total. The highest BCUT2D eigenvalue weighted by Crippen LogP contribution is 2.89. The zero-order chi connectivity index (χ0) is 33.3. The number of esters is 1. The number of hydrogen-bond donors (Lipinski definition) is 3. The Hall–Kier alpha value is -0.850. The largest absolute Gasteiger partial charge is 0.462 e. The standard InChI is InChI=1S/C37H56O10/c1-18-12-37(30-33(6,47-30)17-43-37)46-21-13-32(5)23-9-8-22-31(3,4)24(45-29-28(41)27(40)20(39)15-42-29)10-11-35(22)16-36(23,35)14-25(44-19(2)38)34(32,7)26(18)21/h18,20-30,39-41H,8-17H2,1-7H3/t18-,20-,21-,22+,23-,24+,25-,26+,27+,28-,29+,30+,32+,33+,34-,35-,36+,37+/m1/s1. The van der Waals surface area contributed by atoms with E-state index in [1.165, 1.54) is 0 Å². The first-order valence-corrected chi connectivity index (χ1v) is 18.5. The van der Waals surface area contributed by atoms with E-state index < -0.39 is 30.4 Å². The molecule has 0 aromatic rings. The molecule has 0 aromatic carbocycles. The quantitative estimate of drug-likeness (QED) is 0.234. The van der Waals surface area contributed by atoms with Gasteiger partial charge in [0.05, 0.1) is 25.4 Å². The molecule has 3 spiro atoms. The predicted molar refractivity (Wildman–Crippen MR) is 166 cm³/mol. The molecule has 9 rings (SSSR count). The predicted octanol–water partition coefficient (Wildman–Crippen LogP) is 3.71. The van der Waals surface area contributed by atoms with Crippen LogP contribution in [0, 0.1) is 50.7 Å². The molecule has 10 nitrogen and oxygen atoms in total. The second kappa shape index (κ2) is 9.52. The van der Waals surface area contributed by atoms with Gasteiger partial charge in [-0.05, 0) is 97.2 Å². The highest BCUT2D eigenvalue weighted by atomic mass is 16.8. The zero-order valence-electron chi connectivity index (χ0n) is 29.2. The second-order valence-corrected chi connectivity index (χ2v) is 18.9. The summed E-state index contributed by atoms with van der Waals surface area (Å²) in [5.74, 6) is 0.642. The molecular weight excluding hydrogens is 604 g/mol. The summed E-state index contributed by atoms with van der Waals surface area (Å²) < 4.78 is 38.4. The van der Waals surface area contributed by atoms with Crippen LogP contribution in [-0.2, 0) is 33.2 Å². The van der Waals surface area contributed by atoms with Crippen molar-refractivity contribution in [2.45, 2.75) is 160 Å².